The Kier molecular flexibility index (Phi) is 15.9. The molecule has 388 valence electrons. The smallest absolute Gasteiger partial charge is 0.187 e. The Morgan fingerprint density at radius 1 is 0.627 bits per heavy atom. The van der Waals surface area contributed by atoms with Gasteiger partial charge < -0.3 is 94.8 Å². The van der Waals surface area contributed by atoms with Crippen molar-refractivity contribution in [1.29, 1.82) is 0 Å². The van der Waals surface area contributed by atoms with E-state index in [2.05, 4.69) is 26.8 Å². The van der Waals surface area contributed by atoms with Gasteiger partial charge in [0.2, 0.25) is 0 Å². The lowest BCUT2D eigenvalue weighted by Gasteiger charge is -2.71. The summed E-state index contributed by atoms with van der Waals surface area (Å²) in [4.78, 5) is 0. The summed E-state index contributed by atoms with van der Waals surface area (Å²) >= 11 is 0. The van der Waals surface area contributed by atoms with Crippen molar-refractivity contribution >= 4 is 0 Å². The summed E-state index contributed by atoms with van der Waals surface area (Å²) in [6, 6.07) is 0. The number of hydrogen-bond donors (Lipinski definition) is 13. The summed E-state index contributed by atoms with van der Waals surface area (Å²) in [7, 11) is 0. The van der Waals surface area contributed by atoms with Crippen LogP contribution < -0.4 is 0 Å². The first-order chi connectivity index (χ1) is 31.3. The number of aliphatic hydroxyl groups is 13. The summed E-state index contributed by atoms with van der Waals surface area (Å²) in [5, 5.41) is 142. The van der Waals surface area contributed by atoms with Gasteiger partial charge in [0.05, 0.1) is 43.7 Å². The predicted molar refractivity (Wildman–Crippen MR) is 235 cm³/mol. The maximum atomic E-state index is 12.7. The monoisotopic (exact) mass is 963 g/mol. The molecule has 26 atom stereocenters. The van der Waals surface area contributed by atoms with Gasteiger partial charge in [0.15, 0.2) is 18.9 Å². The molecule has 0 bridgehead atoms. The molecule has 0 spiro atoms. The minimum Gasteiger partial charge on any atom is -0.394 e. The zero-order chi connectivity index (χ0) is 49.5. The topological polar surface area (TPSA) is 318 Å². The Morgan fingerprint density at radius 3 is 1.73 bits per heavy atom. The normalized spacial score (nSPS) is 52.9. The first kappa shape index (κ1) is 53.8. The molecule has 0 aromatic carbocycles. The van der Waals surface area contributed by atoms with Gasteiger partial charge in [0, 0.05) is 0 Å². The highest BCUT2D eigenvalue weighted by Crippen LogP contribution is 2.76. The van der Waals surface area contributed by atoms with E-state index in [-0.39, 0.29) is 23.7 Å². The molecule has 19 heteroatoms. The van der Waals surface area contributed by atoms with Crippen LogP contribution in [0.5, 0.6) is 0 Å². The number of ether oxygens (including phenoxy) is 6. The second-order valence-electron chi connectivity index (χ2n) is 23.1. The highest BCUT2D eigenvalue weighted by atomic mass is 16.8. The lowest BCUT2D eigenvalue weighted by molar-refractivity contribution is -0.380. The molecule has 13 N–H and O–H groups in total. The second kappa shape index (κ2) is 19.8. The first-order valence-electron chi connectivity index (χ1n) is 24.5. The molecule has 4 saturated carbocycles. The molecule has 0 aromatic rings. The van der Waals surface area contributed by atoms with E-state index in [0.717, 1.165) is 5.57 Å². The maximum absolute atomic E-state index is 12.7. The summed E-state index contributed by atoms with van der Waals surface area (Å²) in [6.07, 6.45) is -19.2. The average Bonchev–Trinajstić information content (AvgIpc) is 3.65. The van der Waals surface area contributed by atoms with Crippen LogP contribution in [0, 0.1) is 45.3 Å². The SMILES string of the molecule is CC(C)=CCCC(C)(O[C@@H]1O[C@H](CO)[C@@H](O)[C@H](O)[C@H]1O)[C@H]1CC[C@]2(C)[C@@H]1[C@H](O)C[C@@H]1[C@@]3(C)CC[C@H](O[C@@H]4O[C@H](CO)[C@@H](O)[C@H](O)[C@H]4O[C@@H]4O[C@H](CO)[C@@H](O)[C@H](O)[C@H]4O)C(C)(C)[C@@H]3[C@@H](O)C[C@]12C. The van der Waals surface area contributed by atoms with Gasteiger partial charge in [-0.15, -0.1) is 0 Å². The maximum Gasteiger partial charge on any atom is 0.187 e. The minimum absolute atomic E-state index is 0.0733. The molecule has 67 heavy (non-hydrogen) atoms. The quantitative estimate of drug-likeness (QED) is 0.0773. The largest absolute Gasteiger partial charge is 0.394 e. The van der Waals surface area contributed by atoms with Gasteiger partial charge in [-0.1, -0.05) is 46.3 Å². The van der Waals surface area contributed by atoms with E-state index in [4.69, 9.17) is 28.4 Å². The van der Waals surface area contributed by atoms with Crippen LogP contribution in [0.25, 0.3) is 0 Å². The van der Waals surface area contributed by atoms with Crippen molar-refractivity contribution in [2.24, 2.45) is 45.3 Å². The van der Waals surface area contributed by atoms with E-state index >= 15 is 0 Å². The molecule has 0 radical (unpaired) electrons. The average molecular weight is 963 g/mol. The molecular formula is C48H82O19. The van der Waals surface area contributed by atoms with Crippen LogP contribution in [0.3, 0.4) is 0 Å². The van der Waals surface area contributed by atoms with E-state index < -0.39 is 158 Å². The lowest BCUT2D eigenvalue weighted by atomic mass is 9.34. The Morgan fingerprint density at radius 2 is 1.16 bits per heavy atom. The van der Waals surface area contributed by atoms with Gasteiger partial charge in [0.1, 0.15) is 73.2 Å². The van der Waals surface area contributed by atoms with Crippen LogP contribution in [0.15, 0.2) is 11.6 Å². The lowest BCUT2D eigenvalue weighted by Crippen LogP contribution is -2.70. The van der Waals surface area contributed by atoms with Gasteiger partial charge in [-0.2, -0.15) is 0 Å². The van der Waals surface area contributed by atoms with Crippen molar-refractivity contribution in [3.05, 3.63) is 11.6 Å². The van der Waals surface area contributed by atoms with E-state index in [1.807, 2.05) is 34.6 Å². The zero-order valence-corrected chi connectivity index (χ0v) is 40.3. The third-order valence-corrected chi connectivity index (χ3v) is 18.7. The van der Waals surface area contributed by atoms with E-state index in [1.165, 1.54) is 0 Å². The molecular weight excluding hydrogens is 881 g/mol. The predicted octanol–water partition coefficient (Wildman–Crippen LogP) is -1.06. The van der Waals surface area contributed by atoms with Crippen molar-refractivity contribution in [1.82, 2.24) is 0 Å². The van der Waals surface area contributed by atoms with Crippen LogP contribution in [0.4, 0.5) is 0 Å². The molecule has 3 heterocycles. The minimum atomic E-state index is -1.83. The molecule has 7 aliphatic rings. The molecule has 4 aliphatic carbocycles. The Labute approximate surface area is 393 Å². The fourth-order valence-corrected chi connectivity index (χ4v) is 15.1. The van der Waals surface area contributed by atoms with E-state index in [1.54, 1.807) is 0 Å². The molecule has 19 nitrogen and oxygen atoms in total. The second-order valence-corrected chi connectivity index (χ2v) is 23.1. The van der Waals surface area contributed by atoms with Gasteiger partial charge >= 0.3 is 0 Å². The van der Waals surface area contributed by atoms with Crippen LogP contribution in [0.1, 0.15) is 107 Å². The van der Waals surface area contributed by atoms with Crippen LogP contribution in [-0.4, -0.2) is 202 Å². The summed E-state index contributed by atoms with van der Waals surface area (Å²) < 4.78 is 37.0. The van der Waals surface area contributed by atoms with Gasteiger partial charge in [0.25, 0.3) is 0 Å². The number of allylic oxidation sites excluding steroid dienone is 2. The summed E-state index contributed by atoms with van der Waals surface area (Å²) in [6.45, 7) is 14.6. The summed E-state index contributed by atoms with van der Waals surface area (Å²) in [5.41, 5.74) is -2.23. The Balaban J connectivity index is 1.15. The highest BCUT2D eigenvalue weighted by Gasteiger charge is 2.74. The number of rotatable bonds is 13. The van der Waals surface area contributed by atoms with Crippen molar-refractivity contribution in [2.45, 2.75) is 223 Å². The van der Waals surface area contributed by atoms with Crippen LogP contribution in [0.2, 0.25) is 0 Å². The third kappa shape index (κ3) is 9.03. The van der Waals surface area contributed by atoms with Crippen molar-refractivity contribution in [3.63, 3.8) is 0 Å². The number of hydrogen-bond acceptors (Lipinski definition) is 19. The zero-order valence-electron chi connectivity index (χ0n) is 40.3. The van der Waals surface area contributed by atoms with Crippen molar-refractivity contribution < 1.29 is 94.8 Å². The Hall–Kier alpha value is -1.02. The van der Waals surface area contributed by atoms with Gasteiger partial charge in [-0.3, -0.25) is 0 Å². The standard InChI is InChI=1S/C48H82O19/c1-21(2)10-9-13-48(8,67-42-38(61)35(58)32(55)26(19-50)63-42)22-11-15-46(6)30(22)23(52)16-28-45(5)14-12-29(44(3,4)40(45)24(53)17-47(28,46)7)65-43-39(36(59)33(56)27(20-51)64-43)66-41-37(60)34(57)31(54)25(18-49)62-41/h10,22-43,49-61H,9,11-20H2,1-8H3/t22-,23+,24-,25+,26+,27+,28+,29-,30-,31+,32+,33+,34-,35-,36-,37+,38+,39+,40-,41-,42-,43-,45+,46+,47+,48?/m0/s1. The van der Waals surface area contributed by atoms with Crippen LogP contribution >= 0.6 is 0 Å². The van der Waals surface area contributed by atoms with Crippen LogP contribution in [-0.2, 0) is 28.4 Å². The molecule has 0 amide bonds. The molecule has 3 saturated heterocycles. The molecule has 0 aromatic heterocycles. The fourth-order valence-electron chi connectivity index (χ4n) is 15.1. The fraction of sp³-hybridized carbons (Fsp3) is 0.958. The van der Waals surface area contributed by atoms with E-state index in [9.17, 15) is 66.4 Å². The molecule has 7 fully saturated rings. The summed E-state index contributed by atoms with van der Waals surface area (Å²) in [5.74, 6) is -1.02. The number of fused-ring (bicyclic) bond motifs is 5. The van der Waals surface area contributed by atoms with Crippen molar-refractivity contribution in [2.75, 3.05) is 19.8 Å². The van der Waals surface area contributed by atoms with E-state index in [0.29, 0.717) is 51.4 Å². The molecule has 1 unspecified atom stereocenters. The molecule has 3 aliphatic heterocycles. The van der Waals surface area contributed by atoms with Gasteiger partial charge in [-0.25, -0.2) is 0 Å². The molecule has 7 rings (SSSR count). The van der Waals surface area contributed by atoms with Gasteiger partial charge in [-0.05, 0) is 117 Å². The first-order valence-corrected chi connectivity index (χ1v) is 24.5. The third-order valence-electron chi connectivity index (χ3n) is 18.7. The highest BCUT2D eigenvalue weighted by molar-refractivity contribution is 5.22. The van der Waals surface area contributed by atoms with Crippen molar-refractivity contribution in [3.8, 4) is 0 Å². The number of aliphatic hydroxyl groups excluding tert-OH is 13. The Bertz CT molecular complexity index is 1710.